The van der Waals surface area contributed by atoms with Gasteiger partial charge in [0.2, 0.25) is 0 Å². The molecule has 0 atom stereocenters. The van der Waals surface area contributed by atoms with E-state index in [1.807, 2.05) is 0 Å². The van der Waals surface area contributed by atoms with Crippen LogP contribution in [0.4, 0.5) is 0 Å². The normalized spacial score (nSPS) is 16.6. The number of benzene rings is 1. The third-order valence-corrected chi connectivity index (χ3v) is 3.02. The fraction of sp³-hybridized carbons (Fsp3) is 0.182. The number of H-pyrrole nitrogens is 1. The summed E-state index contributed by atoms with van der Waals surface area (Å²) in [5.74, 6) is 0. The lowest BCUT2D eigenvalue weighted by Crippen LogP contribution is -2.34. The van der Waals surface area contributed by atoms with E-state index in [2.05, 4.69) is 10.1 Å². The Kier molecular flexibility index (Phi) is 1.91. The van der Waals surface area contributed by atoms with E-state index in [9.17, 15) is 9.59 Å². The molecule has 6 heteroatoms. The number of hydrogen-bond donors (Lipinski definition) is 2. The maximum atomic E-state index is 11.7. The summed E-state index contributed by atoms with van der Waals surface area (Å²) < 4.78 is 1.50. The summed E-state index contributed by atoms with van der Waals surface area (Å²) in [7, 11) is 0. The lowest BCUT2D eigenvalue weighted by atomic mass is 10.0. The number of nitrogens with zero attached hydrogens (tertiary/aromatic N) is 2. The summed E-state index contributed by atoms with van der Waals surface area (Å²) in [5.41, 5.74) is 0.842. The largest absolute Gasteiger partial charge is 0.411 e. The van der Waals surface area contributed by atoms with Crippen LogP contribution in [0.15, 0.2) is 32.9 Å². The van der Waals surface area contributed by atoms with Crippen molar-refractivity contribution in [1.29, 1.82) is 0 Å². The van der Waals surface area contributed by atoms with Gasteiger partial charge in [0.15, 0.2) is 0 Å². The van der Waals surface area contributed by atoms with Gasteiger partial charge in [-0.1, -0.05) is 17.3 Å². The predicted octanol–water partition coefficient (Wildman–Crippen LogP) is 0.272. The van der Waals surface area contributed by atoms with Crippen LogP contribution in [-0.2, 0) is 6.54 Å². The molecule has 2 aromatic rings. The van der Waals surface area contributed by atoms with Crippen LogP contribution >= 0.6 is 0 Å². The first-order valence-corrected chi connectivity index (χ1v) is 5.19. The summed E-state index contributed by atoms with van der Waals surface area (Å²) in [6, 6.07) is 5.10. The Morgan fingerprint density at radius 1 is 1.35 bits per heavy atom. The summed E-state index contributed by atoms with van der Waals surface area (Å²) >= 11 is 0. The molecule has 6 nitrogen and oxygen atoms in total. The average molecular weight is 231 g/mol. The monoisotopic (exact) mass is 231 g/mol. The van der Waals surface area contributed by atoms with E-state index in [0.717, 1.165) is 0 Å². The minimum absolute atomic E-state index is 0.405. The molecule has 0 amide bonds. The van der Waals surface area contributed by atoms with Gasteiger partial charge in [0.25, 0.3) is 5.56 Å². The van der Waals surface area contributed by atoms with Crippen LogP contribution in [0, 0.1) is 0 Å². The van der Waals surface area contributed by atoms with Gasteiger partial charge in [-0.15, -0.1) is 0 Å². The second-order valence-corrected chi connectivity index (χ2v) is 3.91. The molecule has 0 fully saturated rings. The fourth-order valence-electron chi connectivity index (χ4n) is 2.25. The smallest absolute Gasteiger partial charge is 0.328 e. The van der Waals surface area contributed by atoms with Crippen LogP contribution in [0.25, 0.3) is 10.9 Å². The van der Waals surface area contributed by atoms with Gasteiger partial charge in [0, 0.05) is 18.5 Å². The van der Waals surface area contributed by atoms with E-state index in [1.54, 1.807) is 18.2 Å². The second-order valence-electron chi connectivity index (χ2n) is 3.91. The molecule has 0 unspecified atom stereocenters. The van der Waals surface area contributed by atoms with Crippen LogP contribution in [0.1, 0.15) is 12.0 Å². The molecule has 2 heterocycles. The molecule has 1 aromatic carbocycles. The third kappa shape index (κ3) is 1.24. The maximum absolute atomic E-state index is 11.7. The van der Waals surface area contributed by atoms with E-state index in [-0.39, 0.29) is 0 Å². The number of oxime groups is 1. The Morgan fingerprint density at radius 3 is 2.94 bits per heavy atom. The second kappa shape index (κ2) is 3.31. The lowest BCUT2D eigenvalue weighted by Gasteiger charge is -2.18. The number of aromatic amines is 1. The molecule has 17 heavy (non-hydrogen) atoms. The molecule has 0 spiro atoms. The molecule has 3 rings (SSSR count). The Bertz CT molecular complexity index is 755. The molecular formula is C11H9N3O3. The van der Waals surface area contributed by atoms with E-state index in [0.29, 0.717) is 35.1 Å². The molecular weight excluding hydrogens is 222 g/mol. The van der Waals surface area contributed by atoms with Crippen molar-refractivity contribution in [2.45, 2.75) is 13.0 Å². The Hall–Kier alpha value is -2.37. The first-order chi connectivity index (χ1) is 8.22. The highest BCUT2D eigenvalue weighted by Crippen LogP contribution is 2.21. The van der Waals surface area contributed by atoms with Crippen molar-refractivity contribution in [3.05, 3.63) is 44.6 Å². The molecule has 0 saturated carbocycles. The number of rotatable bonds is 0. The number of nitrogens with one attached hydrogen (secondary N) is 1. The lowest BCUT2D eigenvalue weighted by molar-refractivity contribution is 0.317. The average Bonchev–Trinajstić information content (AvgIpc) is 2.35. The Balaban J connectivity index is 2.61. The molecule has 1 aliphatic heterocycles. The first-order valence-electron chi connectivity index (χ1n) is 5.19. The van der Waals surface area contributed by atoms with Gasteiger partial charge in [-0.2, -0.15) is 0 Å². The molecule has 0 bridgehead atoms. The number of aromatic nitrogens is 2. The number of para-hydroxylation sites is 1. The standard InChI is InChI=1S/C11H9N3O3/c15-10-7-3-1-2-6-8(13-17)4-5-14(9(6)7)11(16)12-10/h1-3,17H,4-5H2,(H,12,15,16)/b13-8+. The minimum Gasteiger partial charge on any atom is -0.411 e. The van der Waals surface area contributed by atoms with Gasteiger partial charge in [0.1, 0.15) is 0 Å². The van der Waals surface area contributed by atoms with Crippen LogP contribution in [0.2, 0.25) is 0 Å². The molecule has 86 valence electrons. The Morgan fingerprint density at radius 2 is 2.18 bits per heavy atom. The van der Waals surface area contributed by atoms with Crippen molar-refractivity contribution in [1.82, 2.24) is 9.55 Å². The van der Waals surface area contributed by atoms with Crippen LogP contribution in [0.5, 0.6) is 0 Å². The van der Waals surface area contributed by atoms with E-state index >= 15 is 0 Å². The van der Waals surface area contributed by atoms with Gasteiger partial charge in [0.05, 0.1) is 16.6 Å². The third-order valence-electron chi connectivity index (χ3n) is 3.02. The van der Waals surface area contributed by atoms with Gasteiger partial charge in [-0.05, 0) is 6.07 Å². The topological polar surface area (TPSA) is 87.5 Å². The van der Waals surface area contributed by atoms with Gasteiger partial charge >= 0.3 is 5.69 Å². The molecule has 0 saturated heterocycles. The van der Waals surface area contributed by atoms with E-state index < -0.39 is 11.2 Å². The number of hydrogen-bond acceptors (Lipinski definition) is 4. The molecule has 1 aromatic heterocycles. The highest BCUT2D eigenvalue weighted by molar-refractivity contribution is 6.10. The van der Waals surface area contributed by atoms with Gasteiger partial charge in [-0.3, -0.25) is 14.3 Å². The summed E-state index contributed by atoms with van der Waals surface area (Å²) in [4.78, 5) is 25.6. The van der Waals surface area contributed by atoms with Crippen molar-refractivity contribution in [2.75, 3.05) is 0 Å². The predicted molar refractivity (Wildman–Crippen MR) is 61.8 cm³/mol. The zero-order chi connectivity index (χ0) is 12.0. The van der Waals surface area contributed by atoms with Crippen molar-refractivity contribution in [3.8, 4) is 0 Å². The highest BCUT2D eigenvalue weighted by Gasteiger charge is 2.20. The first kappa shape index (κ1) is 9.83. The molecule has 1 aliphatic rings. The zero-order valence-electron chi connectivity index (χ0n) is 8.80. The summed E-state index contributed by atoms with van der Waals surface area (Å²) in [6.07, 6.45) is 0.467. The maximum Gasteiger partial charge on any atom is 0.328 e. The van der Waals surface area contributed by atoms with Crippen molar-refractivity contribution in [3.63, 3.8) is 0 Å². The summed E-state index contributed by atoms with van der Waals surface area (Å²) in [6.45, 7) is 0.405. The molecule has 0 radical (unpaired) electrons. The fourth-order valence-corrected chi connectivity index (χ4v) is 2.25. The van der Waals surface area contributed by atoms with Crippen molar-refractivity contribution in [2.24, 2.45) is 5.16 Å². The minimum atomic E-state index is -0.424. The van der Waals surface area contributed by atoms with E-state index in [4.69, 9.17) is 5.21 Å². The summed E-state index contributed by atoms with van der Waals surface area (Å²) in [5, 5.41) is 12.6. The van der Waals surface area contributed by atoms with Crippen molar-refractivity contribution < 1.29 is 5.21 Å². The van der Waals surface area contributed by atoms with Crippen LogP contribution in [0.3, 0.4) is 0 Å². The van der Waals surface area contributed by atoms with Gasteiger partial charge < -0.3 is 5.21 Å². The van der Waals surface area contributed by atoms with Crippen LogP contribution < -0.4 is 11.2 Å². The quantitative estimate of drug-likeness (QED) is 0.504. The van der Waals surface area contributed by atoms with E-state index in [1.165, 1.54) is 4.57 Å². The SMILES string of the molecule is O=c1[nH]c(=O)n2c3c(cccc13)/C(=N/O)CC2. The molecule has 2 N–H and O–H groups in total. The van der Waals surface area contributed by atoms with Crippen molar-refractivity contribution >= 4 is 16.6 Å². The van der Waals surface area contributed by atoms with Crippen LogP contribution in [-0.4, -0.2) is 20.5 Å². The van der Waals surface area contributed by atoms with Gasteiger partial charge in [-0.25, -0.2) is 4.79 Å². The zero-order valence-corrected chi connectivity index (χ0v) is 8.80. The number of aryl methyl sites for hydroxylation is 1. The molecule has 0 aliphatic carbocycles. The Labute approximate surface area is 94.8 Å². The highest BCUT2D eigenvalue weighted by atomic mass is 16.4.